The highest BCUT2D eigenvalue weighted by Crippen LogP contribution is 2.48. The zero-order valence-electron chi connectivity index (χ0n) is 24.6. The van der Waals surface area contributed by atoms with Crippen molar-refractivity contribution in [2.75, 3.05) is 12.4 Å². The fourth-order valence-electron chi connectivity index (χ4n) is 6.14. The molecule has 0 bridgehead atoms. The van der Waals surface area contributed by atoms with Crippen LogP contribution in [0.5, 0.6) is 11.5 Å². The molecule has 1 aliphatic heterocycles. The van der Waals surface area contributed by atoms with E-state index in [1.807, 2.05) is 44.2 Å². The Kier molecular flexibility index (Phi) is 9.87. The van der Waals surface area contributed by atoms with E-state index in [4.69, 9.17) is 4.74 Å². The molecule has 4 N–H and O–H groups in total. The molecule has 0 saturated heterocycles. The van der Waals surface area contributed by atoms with E-state index in [0.29, 0.717) is 35.9 Å². The summed E-state index contributed by atoms with van der Waals surface area (Å²) < 4.78 is 33.7. The molecule has 0 unspecified atom stereocenters. The van der Waals surface area contributed by atoms with E-state index in [1.165, 1.54) is 12.1 Å². The van der Waals surface area contributed by atoms with Crippen LogP contribution in [0.1, 0.15) is 55.7 Å². The number of phenols is 1. The number of aliphatic hydroxyl groups excluding tert-OH is 1. The predicted octanol–water partition coefficient (Wildman–Crippen LogP) is 2.32. The van der Waals surface area contributed by atoms with Gasteiger partial charge in [-0.05, 0) is 47.1 Å². The number of carboxylic acids is 1. The van der Waals surface area contributed by atoms with Crippen LogP contribution < -0.4 is 15.5 Å². The Morgan fingerprint density at radius 2 is 1.77 bits per heavy atom. The highest BCUT2D eigenvalue weighted by atomic mass is 32.2. The molecule has 9 nitrogen and oxygen atoms in total. The van der Waals surface area contributed by atoms with Gasteiger partial charge in [0.25, 0.3) is 5.91 Å². The highest BCUT2D eigenvalue weighted by Gasteiger charge is 2.49. The summed E-state index contributed by atoms with van der Waals surface area (Å²) in [5.41, 5.74) is 1.36. The van der Waals surface area contributed by atoms with Crippen molar-refractivity contribution in [3.63, 3.8) is 0 Å². The summed E-state index contributed by atoms with van der Waals surface area (Å²) in [7, 11) is -2.15. The molecule has 1 heterocycles. The monoisotopic (exact) mass is 607 g/mol. The van der Waals surface area contributed by atoms with Crippen LogP contribution in [0.3, 0.4) is 0 Å². The van der Waals surface area contributed by atoms with Crippen LogP contribution in [-0.4, -0.2) is 68.0 Å². The smallest absolute Gasteiger partial charge is 0.326 e. The zero-order chi connectivity index (χ0) is 31.4. The zero-order valence-corrected chi connectivity index (χ0v) is 25.4. The number of benzene rings is 3. The predicted molar refractivity (Wildman–Crippen MR) is 165 cm³/mol. The second kappa shape index (κ2) is 13.2. The van der Waals surface area contributed by atoms with E-state index in [1.54, 1.807) is 32.1 Å². The largest absolute Gasteiger partial charge is 0.508 e. The Hall–Kier alpha value is -3.83. The maximum atomic E-state index is 14.0. The molecule has 11 heteroatoms. The molecule has 228 valence electrons. The molecular formula is C32H38BNO8S. The molecule has 4 rings (SSSR count). The number of carbonyl (C=O) groups excluding carboxylic acids is 1. The van der Waals surface area contributed by atoms with Crippen molar-refractivity contribution in [1.82, 2.24) is 5.32 Å². The lowest BCUT2D eigenvalue weighted by atomic mass is 9.69. The van der Waals surface area contributed by atoms with E-state index >= 15 is 0 Å². The Bertz CT molecular complexity index is 1580. The first-order chi connectivity index (χ1) is 20.4. The van der Waals surface area contributed by atoms with Gasteiger partial charge >= 0.3 is 5.97 Å². The molecule has 43 heavy (non-hydrogen) atoms. The number of hydrogen-bond donors (Lipinski definition) is 4. The summed E-state index contributed by atoms with van der Waals surface area (Å²) in [5, 5.41) is 34.0. The molecule has 0 aliphatic carbocycles. The van der Waals surface area contributed by atoms with Crippen LogP contribution in [0, 0.1) is 5.41 Å². The van der Waals surface area contributed by atoms with E-state index in [-0.39, 0.29) is 28.6 Å². The molecule has 1 aliphatic rings. The number of aromatic hydroxyl groups is 1. The minimum absolute atomic E-state index is 0.0517. The molecule has 3 aromatic rings. The number of nitrogens with one attached hydrogen (secondary N) is 1. The lowest BCUT2D eigenvalue weighted by Gasteiger charge is -2.39. The van der Waals surface area contributed by atoms with Gasteiger partial charge in [0.2, 0.25) is 0 Å². The van der Waals surface area contributed by atoms with Crippen molar-refractivity contribution in [3.8, 4) is 11.5 Å². The van der Waals surface area contributed by atoms with Gasteiger partial charge in [-0.25, -0.2) is 13.2 Å². The summed E-state index contributed by atoms with van der Waals surface area (Å²) in [6, 6.07) is 17.5. The van der Waals surface area contributed by atoms with Crippen molar-refractivity contribution in [1.29, 1.82) is 0 Å². The van der Waals surface area contributed by atoms with Gasteiger partial charge in [-0.3, -0.25) is 4.79 Å². The minimum atomic E-state index is -3.88. The summed E-state index contributed by atoms with van der Waals surface area (Å²) in [5.74, 6) is -2.72. The summed E-state index contributed by atoms with van der Waals surface area (Å²) in [6.07, 6.45) is 0.637. The van der Waals surface area contributed by atoms with E-state index in [0.717, 1.165) is 5.56 Å². The van der Waals surface area contributed by atoms with Gasteiger partial charge in [0, 0.05) is 17.8 Å². The first-order valence-electron chi connectivity index (χ1n) is 14.4. The van der Waals surface area contributed by atoms with Crippen molar-refractivity contribution in [3.05, 3.63) is 83.4 Å². The number of sulfone groups is 1. The van der Waals surface area contributed by atoms with Gasteiger partial charge < -0.3 is 25.4 Å². The van der Waals surface area contributed by atoms with Gasteiger partial charge in [0.05, 0.1) is 16.8 Å². The van der Waals surface area contributed by atoms with Crippen molar-refractivity contribution < 1.29 is 38.1 Å². The summed E-state index contributed by atoms with van der Waals surface area (Å²) >= 11 is 0. The number of amides is 1. The third-order valence-corrected chi connectivity index (χ3v) is 10.4. The number of fused-ring (bicyclic) bond motifs is 1. The second-order valence-electron chi connectivity index (χ2n) is 11.3. The Balaban J connectivity index is 1.65. The van der Waals surface area contributed by atoms with Crippen LogP contribution in [0.2, 0.25) is 0 Å². The number of carboxylic acid groups (broad SMARTS) is 1. The maximum Gasteiger partial charge on any atom is 0.326 e. The number of aliphatic hydroxyl groups is 1. The number of aliphatic carboxylic acids is 1. The van der Waals surface area contributed by atoms with Crippen LogP contribution in [0.4, 0.5) is 0 Å². The third kappa shape index (κ3) is 6.89. The van der Waals surface area contributed by atoms with Crippen molar-refractivity contribution >= 4 is 35.0 Å². The molecular weight excluding hydrogens is 569 g/mol. The number of hydrogen-bond acceptors (Lipinski definition) is 7. The Labute approximate surface area is 253 Å². The van der Waals surface area contributed by atoms with E-state index < -0.39 is 51.8 Å². The minimum Gasteiger partial charge on any atom is -0.508 e. The van der Waals surface area contributed by atoms with Gasteiger partial charge in [0.15, 0.2) is 16.4 Å². The molecule has 1 amide bonds. The average molecular weight is 608 g/mol. The fourth-order valence-corrected chi connectivity index (χ4v) is 8.40. The number of carbonyl (C=O) groups is 2. The van der Waals surface area contributed by atoms with Crippen LogP contribution >= 0.6 is 0 Å². The molecule has 3 aromatic carbocycles. The Morgan fingerprint density at radius 3 is 2.40 bits per heavy atom. The molecule has 0 radical (unpaired) electrons. The fraction of sp³-hybridized carbons (Fsp3) is 0.375. The second-order valence-corrected chi connectivity index (χ2v) is 13.3. The Morgan fingerprint density at radius 1 is 1.09 bits per heavy atom. The SMILES string of the molecule is Bc1cc2c(cc1OCC(=O)N[C@H](Cc1ccccc1O)C(=O)O)S(=O)(=O)C[C@@](CC)(CCC)[C@H](O)[C@@H]2c1ccccc1. The maximum absolute atomic E-state index is 14.0. The topological polar surface area (TPSA) is 150 Å². The summed E-state index contributed by atoms with van der Waals surface area (Å²) in [4.78, 5) is 24.6. The molecule has 4 atom stereocenters. The quantitative estimate of drug-likeness (QED) is 0.243. The lowest BCUT2D eigenvalue weighted by molar-refractivity contribution is -0.142. The molecule has 0 fully saturated rings. The normalized spacial score (nSPS) is 21.7. The lowest BCUT2D eigenvalue weighted by Crippen LogP contribution is -2.44. The standard InChI is InChI=1S/C32H38BNO8S/c1-3-14-32(4-2)19-43(40,41)27-17-26(23(33)16-22(27)29(30(32)37)20-10-6-5-7-11-20)42-18-28(36)34-24(31(38)39)15-21-12-8-9-13-25(21)35/h5-13,16-17,24,29-30,35,37H,3-4,14-15,18-19,33H2,1-2H3,(H,34,36)(H,38,39)/t24-,29-,30-,32-/m1/s1. The number of rotatable bonds is 11. The third-order valence-electron chi connectivity index (χ3n) is 8.42. The highest BCUT2D eigenvalue weighted by molar-refractivity contribution is 7.91. The van der Waals surface area contributed by atoms with Gasteiger partial charge in [-0.15, -0.1) is 0 Å². The number of para-hydroxylation sites is 1. The molecule has 0 saturated carbocycles. The van der Waals surface area contributed by atoms with Crippen LogP contribution in [0.25, 0.3) is 0 Å². The van der Waals surface area contributed by atoms with Gasteiger partial charge in [-0.1, -0.05) is 74.9 Å². The van der Waals surface area contributed by atoms with Crippen LogP contribution in [0.15, 0.2) is 71.6 Å². The first kappa shape index (κ1) is 32.1. The summed E-state index contributed by atoms with van der Waals surface area (Å²) in [6.45, 7) is 3.34. The van der Waals surface area contributed by atoms with Gasteiger partial charge in [-0.2, -0.15) is 0 Å². The molecule has 0 spiro atoms. The van der Waals surface area contributed by atoms with Gasteiger partial charge in [0.1, 0.15) is 25.4 Å². The first-order valence-corrected chi connectivity index (χ1v) is 16.1. The van der Waals surface area contributed by atoms with Crippen molar-refractivity contribution in [2.45, 2.75) is 62.5 Å². The number of ether oxygens (including phenoxy) is 1. The van der Waals surface area contributed by atoms with Crippen LogP contribution in [-0.2, 0) is 25.8 Å². The van der Waals surface area contributed by atoms with E-state index in [9.17, 15) is 33.3 Å². The molecule has 0 aromatic heterocycles. The number of phenolic OH excluding ortho intramolecular Hbond substituents is 1. The van der Waals surface area contributed by atoms with E-state index in [2.05, 4.69) is 5.32 Å². The van der Waals surface area contributed by atoms with Crippen molar-refractivity contribution in [2.24, 2.45) is 5.41 Å². The average Bonchev–Trinajstić information content (AvgIpc) is 3.03.